The standard InChI is InChI=1S/C10H13N3/c1-7-4-3-5-8-6-12-10(11-2)13-9(7)8/h4,6H,3,5H2,1-2H3,(H,11,12,13). The predicted octanol–water partition coefficient (Wildman–Crippen LogP) is 1.87. The summed E-state index contributed by atoms with van der Waals surface area (Å²) in [6.07, 6.45) is 6.33. The quantitative estimate of drug-likeness (QED) is 0.708. The van der Waals surface area contributed by atoms with Gasteiger partial charge in [0.2, 0.25) is 5.95 Å². The first-order valence-corrected chi connectivity index (χ1v) is 4.52. The number of fused-ring (bicyclic) bond motifs is 1. The third kappa shape index (κ3) is 1.41. The monoisotopic (exact) mass is 175 g/mol. The van der Waals surface area contributed by atoms with Gasteiger partial charge in [-0.15, -0.1) is 0 Å². The van der Waals surface area contributed by atoms with Gasteiger partial charge < -0.3 is 5.32 Å². The van der Waals surface area contributed by atoms with Crippen LogP contribution in [-0.2, 0) is 6.42 Å². The van der Waals surface area contributed by atoms with Gasteiger partial charge in [0.25, 0.3) is 0 Å². The van der Waals surface area contributed by atoms with Crippen LogP contribution in [0.15, 0.2) is 12.3 Å². The lowest BCUT2D eigenvalue weighted by Crippen LogP contribution is -2.05. The van der Waals surface area contributed by atoms with Gasteiger partial charge in [0.1, 0.15) is 0 Å². The van der Waals surface area contributed by atoms with Crippen LogP contribution in [0.4, 0.5) is 5.95 Å². The number of rotatable bonds is 1. The first kappa shape index (κ1) is 8.23. The van der Waals surface area contributed by atoms with Crippen LogP contribution in [0.2, 0.25) is 0 Å². The first-order chi connectivity index (χ1) is 6.31. The van der Waals surface area contributed by atoms with Crippen molar-refractivity contribution in [2.45, 2.75) is 19.8 Å². The highest BCUT2D eigenvalue weighted by molar-refractivity contribution is 5.65. The van der Waals surface area contributed by atoms with Crippen LogP contribution in [0.5, 0.6) is 0 Å². The van der Waals surface area contributed by atoms with Crippen LogP contribution in [0.3, 0.4) is 0 Å². The largest absolute Gasteiger partial charge is 0.357 e. The highest BCUT2D eigenvalue weighted by Gasteiger charge is 2.11. The maximum absolute atomic E-state index is 4.42. The molecular weight excluding hydrogens is 162 g/mol. The van der Waals surface area contributed by atoms with Crippen molar-refractivity contribution in [3.05, 3.63) is 23.5 Å². The van der Waals surface area contributed by atoms with Gasteiger partial charge in [0.15, 0.2) is 0 Å². The Morgan fingerprint density at radius 3 is 3.08 bits per heavy atom. The normalized spacial score (nSPS) is 14.8. The van der Waals surface area contributed by atoms with Gasteiger partial charge >= 0.3 is 0 Å². The summed E-state index contributed by atoms with van der Waals surface area (Å²) in [5, 5.41) is 2.95. The van der Waals surface area contributed by atoms with Gasteiger partial charge in [0, 0.05) is 13.2 Å². The van der Waals surface area contributed by atoms with Crippen LogP contribution in [0, 0.1) is 0 Å². The van der Waals surface area contributed by atoms with E-state index in [1.807, 2.05) is 13.2 Å². The maximum Gasteiger partial charge on any atom is 0.222 e. The molecule has 0 radical (unpaired) electrons. The minimum Gasteiger partial charge on any atom is -0.357 e. The van der Waals surface area contributed by atoms with Gasteiger partial charge in [0.05, 0.1) is 5.69 Å². The van der Waals surface area contributed by atoms with Crippen molar-refractivity contribution in [3.63, 3.8) is 0 Å². The highest BCUT2D eigenvalue weighted by Crippen LogP contribution is 2.23. The molecule has 1 aliphatic rings. The van der Waals surface area contributed by atoms with Gasteiger partial charge in [-0.2, -0.15) is 0 Å². The Labute approximate surface area is 77.9 Å². The number of hydrogen-bond donors (Lipinski definition) is 1. The lowest BCUT2D eigenvalue weighted by Gasteiger charge is -2.13. The Balaban J connectivity index is 2.50. The average molecular weight is 175 g/mol. The van der Waals surface area contributed by atoms with Gasteiger partial charge in [-0.25, -0.2) is 9.97 Å². The van der Waals surface area contributed by atoms with E-state index in [4.69, 9.17) is 0 Å². The van der Waals surface area contributed by atoms with Gasteiger partial charge in [-0.05, 0) is 30.9 Å². The molecule has 0 aromatic carbocycles. The summed E-state index contributed by atoms with van der Waals surface area (Å²) in [7, 11) is 1.84. The van der Waals surface area contributed by atoms with Crippen molar-refractivity contribution in [1.82, 2.24) is 9.97 Å². The van der Waals surface area contributed by atoms with E-state index in [9.17, 15) is 0 Å². The van der Waals surface area contributed by atoms with Crippen molar-refractivity contribution >= 4 is 11.5 Å². The van der Waals surface area contributed by atoms with Crippen molar-refractivity contribution < 1.29 is 0 Å². The van der Waals surface area contributed by atoms with Crippen LogP contribution in [0.1, 0.15) is 24.6 Å². The van der Waals surface area contributed by atoms with Gasteiger partial charge in [-0.3, -0.25) is 0 Å². The van der Waals surface area contributed by atoms with Crippen molar-refractivity contribution in [1.29, 1.82) is 0 Å². The molecule has 0 unspecified atom stereocenters. The van der Waals surface area contributed by atoms with E-state index in [1.165, 1.54) is 11.1 Å². The van der Waals surface area contributed by atoms with Crippen molar-refractivity contribution in [2.24, 2.45) is 0 Å². The Kier molecular flexibility index (Phi) is 2.00. The molecule has 1 N–H and O–H groups in total. The molecule has 68 valence electrons. The molecule has 3 nitrogen and oxygen atoms in total. The number of aromatic nitrogens is 2. The summed E-state index contributed by atoms with van der Waals surface area (Å²) < 4.78 is 0. The van der Waals surface area contributed by atoms with E-state index in [-0.39, 0.29) is 0 Å². The predicted molar refractivity (Wildman–Crippen MR) is 53.6 cm³/mol. The fraction of sp³-hybridized carbons (Fsp3) is 0.400. The summed E-state index contributed by atoms with van der Waals surface area (Å²) in [4.78, 5) is 8.62. The van der Waals surface area contributed by atoms with Crippen molar-refractivity contribution in [2.75, 3.05) is 12.4 Å². The molecule has 1 aliphatic carbocycles. The zero-order valence-corrected chi connectivity index (χ0v) is 7.96. The summed E-state index contributed by atoms with van der Waals surface area (Å²) in [6, 6.07) is 0. The molecule has 0 atom stereocenters. The van der Waals surface area contributed by atoms with Crippen LogP contribution in [-0.4, -0.2) is 17.0 Å². The molecule has 0 bridgehead atoms. The summed E-state index contributed by atoms with van der Waals surface area (Å²) >= 11 is 0. The van der Waals surface area contributed by atoms with Gasteiger partial charge in [-0.1, -0.05) is 6.08 Å². The van der Waals surface area contributed by atoms with Crippen LogP contribution in [0.25, 0.3) is 5.57 Å². The molecule has 13 heavy (non-hydrogen) atoms. The summed E-state index contributed by atoms with van der Waals surface area (Å²) in [5.74, 6) is 0.702. The Morgan fingerprint density at radius 1 is 1.46 bits per heavy atom. The second-order valence-electron chi connectivity index (χ2n) is 3.24. The SMILES string of the molecule is CNc1ncc2c(n1)C(C)=CCC2. The molecule has 1 aromatic heterocycles. The minimum absolute atomic E-state index is 0.702. The second kappa shape index (κ2) is 3.17. The van der Waals surface area contributed by atoms with E-state index in [2.05, 4.69) is 28.3 Å². The fourth-order valence-corrected chi connectivity index (χ4v) is 1.59. The molecule has 0 spiro atoms. The zero-order valence-electron chi connectivity index (χ0n) is 7.96. The lowest BCUT2D eigenvalue weighted by molar-refractivity contribution is 0.929. The molecule has 1 aromatic rings. The molecule has 3 heteroatoms. The average Bonchev–Trinajstić information content (AvgIpc) is 2.18. The molecule has 2 rings (SSSR count). The maximum atomic E-state index is 4.42. The van der Waals surface area contributed by atoms with Crippen LogP contribution < -0.4 is 5.32 Å². The zero-order chi connectivity index (χ0) is 9.26. The Hall–Kier alpha value is -1.38. The smallest absolute Gasteiger partial charge is 0.222 e. The van der Waals surface area contributed by atoms with E-state index in [0.717, 1.165) is 18.5 Å². The number of nitrogens with one attached hydrogen (secondary N) is 1. The lowest BCUT2D eigenvalue weighted by atomic mass is 9.98. The number of hydrogen-bond acceptors (Lipinski definition) is 3. The number of allylic oxidation sites excluding steroid dienone is 2. The number of nitrogens with zero attached hydrogens (tertiary/aromatic N) is 2. The molecule has 0 saturated heterocycles. The minimum atomic E-state index is 0.702. The Bertz CT molecular complexity index is 355. The number of anilines is 1. The molecular formula is C10H13N3. The fourth-order valence-electron chi connectivity index (χ4n) is 1.59. The third-order valence-corrected chi connectivity index (χ3v) is 2.33. The highest BCUT2D eigenvalue weighted by atomic mass is 15.1. The molecule has 1 heterocycles. The Morgan fingerprint density at radius 2 is 2.31 bits per heavy atom. The summed E-state index contributed by atoms with van der Waals surface area (Å²) in [6.45, 7) is 2.10. The van der Waals surface area contributed by atoms with E-state index < -0.39 is 0 Å². The van der Waals surface area contributed by atoms with E-state index >= 15 is 0 Å². The van der Waals surface area contributed by atoms with Crippen molar-refractivity contribution in [3.8, 4) is 0 Å². The van der Waals surface area contributed by atoms with E-state index in [1.54, 1.807) is 0 Å². The van der Waals surface area contributed by atoms with E-state index in [0.29, 0.717) is 5.95 Å². The molecule has 0 aliphatic heterocycles. The number of aryl methyl sites for hydroxylation is 1. The molecule has 0 amide bonds. The van der Waals surface area contributed by atoms with Crippen LogP contribution >= 0.6 is 0 Å². The summed E-state index contributed by atoms with van der Waals surface area (Å²) in [5.41, 5.74) is 3.63. The molecule has 0 fully saturated rings. The first-order valence-electron chi connectivity index (χ1n) is 4.52. The second-order valence-corrected chi connectivity index (χ2v) is 3.24. The topological polar surface area (TPSA) is 37.8 Å². The third-order valence-electron chi connectivity index (χ3n) is 2.33. The molecule has 0 saturated carbocycles.